The molecule has 6 heterocycles. The van der Waals surface area contributed by atoms with Crippen LogP contribution >= 0.6 is 0 Å². The van der Waals surface area contributed by atoms with Gasteiger partial charge in [-0.15, -0.1) is 61.2 Å². The summed E-state index contributed by atoms with van der Waals surface area (Å²) >= 11 is 0. The van der Waals surface area contributed by atoms with Crippen molar-refractivity contribution in [2.24, 2.45) is 0 Å². The fraction of sp³-hybridized carbons (Fsp3) is 0.333. The molecule has 0 aliphatic carbocycles. The summed E-state index contributed by atoms with van der Waals surface area (Å²) in [6.07, 6.45) is 0. The fourth-order valence-corrected chi connectivity index (χ4v) is 13.6. The molecule has 6 aromatic heterocycles. The molecule has 0 bridgehead atoms. The van der Waals surface area contributed by atoms with E-state index in [2.05, 4.69) is 300 Å². The first-order valence-corrected chi connectivity index (χ1v) is 40.5. The summed E-state index contributed by atoms with van der Waals surface area (Å²) in [5, 5.41) is 54.9. The van der Waals surface area contributed by atoms with Gasteiger partial charge in [0.2, 0.25) is 70.7 Å². The van der Waals surface area contributed by atoms with E-state index >= 15 is 0 Å². The molecule has 0 spiro atoms. The molecule has 0 radical (unpaired) electrons. The van der Waals surface area contributed by atoms with Gasteiger partial charge < -0.3 is 40.7 Å². The summed E-state index contributed by atoms with van der Waals surface area (Å²) in [4.78, 5) is 0. The maximum absolute atomic E-state index is 6.69. The highest BCUT2D eigenvalue weighted by Gasteiger charge is 2.31. The normalized spacial score (nSPS) is 12.7. The second kappa shape index (κ2) is 30.5. The van der Waals surface area contributed by atoms with Crippen molar-refractivity contribution in [1.29, 1.82) is 0 Å². The zero-order valence-corrected chi connectivity index (χ0v) is 73.3. The Bertz CT molecular complexity index is 5540. The average Bonchev–Trinajstić information content (AvgIpc) is 1.50. The zero-order chi connectivity index (χ0) is 85.7. The Labute approximate surface area is 701 Å². The van der Waals surface area contributed by atoms with Crippen LogP contribution < -0.4 is 14.2 Å². The molecule has 614 valence electrons. The maximum Gasteiger partial charge on any atom is 0.248 e. The average molecular weight is 1610 g/mol. The molecular formula is C99H104N12O9. The van der Waals surface area contributed by atoms with Crippen LogP contribution in [0.4, 0.5) is 0 Å². The van der Waals surface area contributed by atoms with Crippen molar-refractivity contribution in [2.75, 3.05) is 7.11 Å². The van der Waals surface area contributed by atoms with Gasteiger partial charge in [-0.05, 0) is 239 Å². The highest BCUT2D eigenvalue weighted by molar-refractivity contribution is 5.74. The Morgan fingerprint density at radius 1 is 0.167 bits per heavy atom. The molecule has 120 heavy (non-hydrogen) atoms. The molecule has 0 unspecified atom stereocenters. The Kier molecular flexibility index (Phi) is 21.0. The molecule has 0 saturated heterocycles. The number of methoxy groups -OCH3 is 1. The van der Waals surface area contributed by atoms with Crippen LogP contribution in [0.25, 0.3) is 137 Å². The predicted octanol–water partition coefficient (Wildman–Crippen LogP) is 26.0. The van der Waals surface area contributed by atoms with Crippen molar-refractivity contribution in [1.82, 2.24) is 61.2 Å². The van der Waals surface area contributed by atoms with Crippen LogP contribution in [-0.4, -0.2) is 68.3 Å². The lowest BCUT2D eigenvalue weighted by Crippen LogP contribution is -2.16. The van der Waals surface area contributed by atoms with Crippen molar-refractivity contribution >= 4 is 0 Å². The second-order valence-corrected chi connectivity index (χ2v) is 39.4. The summed E-state index contributed by atoms with van der Waals surface area (Å²) in [5.41, 5.74) is 16.2. The van der Waals surface area contributed by atoms with Crippen LogP contribution in [0.2, 0.25) is 0 Å². The molecule has 0 saturated carbocycles. The first kappa shape index (κ1) is 82.3. The standard InChI is InChI=1S/C99H104N12O9/c1-92(2,3)67-37-63(38-68(51-67)93(4,5)6)88-108-104-84(117-88)59-35-60(85-105-109-89(118-85)64-39-69(94(7,8)9)52-70(40-64)95(10,11)12)48-78(47-59)113-75-30-26-55(27-31-75)80-100-102-82(115-80)57-34-58(46-77(45-57)112-25)83-103-101-81(116-83)56-28-32-76(33-29-56)114-79-49-61(86-106-110-90(119-86)65-41-71(96(13,14)15)53-72(42-65)97(16,17)18)36-62(50-79)87-107-111-91(120-87)66-43-73(98(19,20)21)54-74(44-66)99(22,23)24/h26-54H,1-25H3. The van der Waals surface area contributed by atoms with Crippen LogP contribution in [0, 0.1) is 0 Å². The third kappa shape index (κ3) is 18.1. The van der Waals surface area contributed by atoms with Gasteiger partial charge in [-0.1, -0.05) is 190 Å². The second-order valence-electron chi connectivity index (χ2n) is 39.4. The quantitative estimate of drug-likeness (QED) is 0.0820. The van der Waals surface area contributed by atoms with Crippen LogP contribution in [0.1, 0.15) is 211 Å². The molecular weight excluding hydrogens is 1500 g/mol. The summed E-state index contributed by atoms with van der Waals surface area (Å²) in [6.45, 7) is 52.8. The van der Waals surface area contributed by atoms with Gasteiger partial charge in [0.1, 0.15) is 28.7 Å². The highest BCUT2D eigenvalue weighted by Crippen LogP contribution is 2.45. The fourth-order valence-electron chi connectivity index (χ4n) is 13.6. The summed E-state index contributed by atoms with van der Waals surface area (Å²) in [7, 11) is 1.57. The van der Waals surface area contributed by atoms with Gasteiger partial charge in [-0.25, -0.2) is 0 Å². The Balaban J connectivity index is 0.684. The molecule has 0 aliphatic heterocycles. The van der Waals surface area contributed by atoms with E-state index < -0.39 is 0 Å². The predicted molar refractivity (Wildman–Crippen MR) is 468 cm³/mol. The van der Waals surface area contributed by atoms with Gasteiger partial charge in [0.15, 0.2) is 0 Å². The Hall–Kier alpha value is -12.8. The molecule has 0 amide bonds. The van der Waals surface area contributed by atoms with E-state index in [0.717, 1.165) is 66.8 Å². The van der Waals surface area contributed by atoms with Crippen molar-refractivity contribution in [3.8, 4) is 166 Å². The number of ether oxygens (including phenoxy) is 3. The summed E-state index contributed by atoms with van der Waals surface area (Å²) < 4.78 is 58.4. The molecule has 0 aliphatic rings. The molecule has 0 fully saturated rings. The van der Waals surface area contributed by atoms with Gasteiger partial charge in [-0.3, -0.25) is 0 Å². The number of aromatic nitrogens is 12. The third-order valence-corrected chi connectivity index (χ3v) is 21.3. The topological polar surface area (TPSA) is 261 Å². The number of benzene rings is 9. The van der Waals surface area contributed by atoms with Crippen molar-refractivity contribution in [2.45, 2.75) is 209 Å². The molecule has 21 heteroatoms. The largest absolute Gasteiger partial charge is 0.497 e. The molecule has 15 rings (SSSR count). The number of nitrogens with zero attached hydrogens (tertiary/aromatic N) is 12. The van der Waals surface area contributed by atoms with Crippen LogP contribution in [-0.2, 0) is 43.3 Å². The van der Waals surface area contributed by atoms with E-state index in [4.69, 9.17) is 40.7 Å². The van der Waals surface area contributed by atoms with E-state index in [1.807, 2.05) is 91.0 Å². The molecule has 15 aromatic rings. The first-order valence-electron chi connectivity index (χ1n) is 40.5. The number of hydrogen-bond donors (Lipinski definition) is 0. The molecule has 0 atom stereocenters. The zero-order valence-electron chi connectivity index (χ0n) is 73.3. The van der Waals surface area contributed by atoms with Gasteiger partial charge in [-0.2, -0.15) is 0 Å². The van der Waals surface area contributed by atoms with Gasteiger partial charge in [0.25, 0.3) is 0 Å². The van der Waals surface area contributed by atoms with Gasteiger partial charge in [0, 0.05) is 66.8 Å². The van der Waals surface area contributed by atoms with Crippen LogP contribution in [0.5, 0.6) is 28.7 Å². The van der Waals surface area contributed by atoms with E-state index in [9.17, 15) is 0 Å². The van der Waals surface area contributed by atoms with Crippen molar-refractivity contribution in [3.05, 3.63) is 220 Å². The Morgan fingerprint density at radius 3 is 0.475 bits per heavy atom. The minimum atomic E-state index is -0.134. The van der Waals surface area contributed by atoms with Crippen LogP contribution in [0.15, 0.2) is 202 Å². The van der Waals surface area contributed by atoms with Crippen LogP contribution in [0.3, 0.4) is 0 Å². The summed E-state index contributed by atoms with van der Waals surface area (Å²) in [6, 6.07) is 57.3. The maximum atomic E-state index is 6.69. The monoisotopic (exact) mass is 1600 g/mol. The van der Waals surface area contributed by atoms with E-state index in [0.29, 0.717) is 96.8 Å². The third-order valence-electron chi connectivity index (χ3n) is 21.3. The number of hydrogen-bond acceptors (Lipinski definition) is 21. The lowest BCUT2D eigenvalue weighted by Gasteiger charge is -2.25. The Morgan fingerprint density at radius 2 is 0.317 bits per heavy atom. The molecule has 9 aromatic carbocycles. The SMILES string of the molecule is COc1cc(-c2nnc(-c3ccc(Oc4cc(-c5nnc(-c6cc(C(C)(C)C)cc(C(C)(C)C)c6)o5)cc(-c5nnc(-c6cc(C(C)(C)C)cc(C(C)(C)C)c6)o5)c4)cc3)o2)cc(-c2nnc(-c3ccc(Oc4cc(-c5nnc(-c6cc(C(C)(C)C)cc(C(C)(C)C)c6)o5)cc(-c5nnc(-c6cc(C(C)(C)C)cc(C(C)(C)C)c6)o5)c4)cc3)o2)c1. The highest BCUT2D eigenvalue weighted by atomic mass is 16.5. The van der Waals surface area contributed by atoms with E-state index in [1.54, 1.807) is 19.2 Å². The van der Waals surface area contributed by atoms with E-state index in [1.165, 1.54) is 0 Å². The minimum absolute atomic E-state index is 0.134. The summed E-state index contributed by atoms with van der Waals surface area (Å²) in [5.74, 6) is 6.00. The minimum Gasteiger partial charge on any atom is -0.497 e. The molecule has 0 N–H and O–H groups in total. The van der Waals surface area contributed by atoms with Gasteiger partial charge >= 0.3 is 0 Å². The van der Waals surface area contributed by atoms with Crippen molar-refractivity contribution < 1.29 is 40.7 Å². The molecule has 21 nitrogen and oxygen atoms in total. The van der Waals surface area contributed by atoms with Crippen molar-refractivity contribution in [3.63, 3.8) is 0 Å². The lowest BCUT2D eigenvalue weighted by molar-refractivity contribution is 0.414. The number of rotatable bonds is 17. The smallest absolute Gasteiger partial charge is 0.248 e. The lowest BCUT2D eigenvalue weighted by atomic mass is 9.79. The first-order chi connectivity index (χ1) is 56.3. The van der Waals surface area contributed by atoms with E-state index in [-0.39, 0.29) is 90.4 Å². The van der Waals surface area contributed by atoms with Gasteiger partial charge in [0.05, 0.1) is 7.11 Å².